The van der Waals surface area contributed by atoms with Crippen molar-refractivity contribution >= 4 is 23.6 Å². The van der Waals surface area contributed by atoms with Crippen molar-refractivity contribution in [2.24, 2.45) is 10.4 Å². The summed E-state index contributed by atoms with van der Waals surface area (Å²) in [4.78, 5) is 31.4. The predicted octanol–water partition coefficient (Wildman–Crippen LogP) is 4.57. The number of likely N-dealkylation sites (tertiary alicyclic amines) is 1. The zero-order valence-corrected chi connectivity index (χ0v) is 18.7. The third-order valence-electron chi connectivity index (χ3n) is 5.28. The van der Waals surface area contributed by atoms with Gasteiger partial charge in [-0.2, -0.15) is 0 Å². The zero-order chi connectivity index (χ0) is 21.6. The summed E-state index contributed by atoms with van der Waals surface area (Å²) in [6.07, 6.45) is 3.88. The fourth-order valence-corrected chi connectivity index (χ4v) is 3.57. The molecule has 1 heterocycles. The fourth-order valence-electron chi connectivity index (χ4n) is 3.57. The van der Waals surface area contributed by atoms with Crippen LogP contribution in [0.3, 0.4) is 0 Å². The first-order chi connectivity index (χ1) is 13.6. The van der Waals surface area contributed by atoms with Crippen LogP contribution in [0, 0.1) is 5.41 Å². The maximum Gasteiger partial charge on any atom is 0.243 e. The van der Waals surface area contributed by atoms with E-state index in [0.717, 1.165) is 35.2 Å². The van der Waals surface area contributed by atoms with Crippen molar-refractivity contribution in [2.45, 2.75) is 73.4 Å². The van der Waals surface area contributed by atoms with E-state index in [1.165, 1.54) is 0 Å². The lowest BCUT2D eigenvalue weighted by Gasteiger charge is -2.27. The molecule has 1 aromatic rings. The van der Waals surface area contributed by atoms with Crippen molar-refractivity contribution < 1.29 is 9.59 Å². The van der Waals surface area contributed by atoms with Gasteiger partial charge in [0, 0.05) is 31.4 Å². The summed E-state index contributed by atoms with van der Waals surface area (Å²) in [5.41, 5.74) is 4.22. The van der Waals surface area contributed by atoms with Gasteiger partial charge in [-0.15, -0.1) is 0 Å². The molecule has 1 unspecified atom stereocenters. The summed E-state index contributed by atoms with van der Waals surface area (Å²) in [7, 11) is 0. The van der Waals surface area contributed by atoms with E-state index in [1.807, 2.05) is 46.8 Å². The van der Waals surface area contributed by atoms with E-state index in [1.54, 1.807) is 11.1 Å². The fraction of sp³-hybridized carbons (Fsp3) is 0.542. The van der Waals surface area contributed by atoms with Gasteiger partial charge in [-0.1, -0.05) is 45.0 Å². The topological polar surface area (TPSA) is 61.8 Å². The second-order valence-electron chi connectivity index (χ2n) is 9.00. The quantitative estimate of drug-likeness (QED) is 0.715. The number of hydrogen-bond donors (Lipinski definition) is 1. The number of amides is 2. The molecule has 0 aliphatic carbocycles. The van der Waals surface area contributed by atoms with Gasteiger partial charge in [0.1, 0.15) is 6.04 Å². The Labute approximate surface area is 175 Å². The molecule has 1 aliphatic heterocycles. The van der Waals surface area contributed by atoms with Crippen molar-refractivity contribution in [2.75, 3.05) is 6.54 Å². The second kappa shape index (κ2) is 9.86. The first kappa shape index (κ1) is 22.9. The van der Waals surface area contributed by atoms with E-state index in [2.05, 4.69) is 29.4 Å². The number of nitrogens with zero attached hydrogens (tertiary/aromatic N) is 2. The monoisotopic (exact) mass is 397 g/mol. The highest BCUT2D eigenvalue weighted by molar-refractivity contribution is 5.88. The van der Waals surface area contributed by atoms with Gasteiger partial charge >= 0.3 is 0 Å². The van der Waals surface area contributed by atoms with Crippen molar-refractivity contribution in [3.8, 4) is 0 Å². The summed E-state index contributed by atoms with van der Waals surface area (Å²) in [5.74, 6) is 0.0184. The molecule has 0 saturated carbocycles. The molecule has 1 fully saturated rings. The van der Waals surface area contributed by atoms with Gasteiger partial charge < -0.3 is 10.2 Å². The molecule has 1 aliphatic rings. The second-order valence-corrected chi connectivity index (χ2v) is 9.00. The van der Waals surface area contributed by atoms with E-state index in [0.29, 0.717) is 19.5 Å². The SMILES string of the molecule is CC=N/C(C)=C(\C)c1ccc(CNC(=O)C2CCCN2C(=O)CC(C)(C)C)cc1. The summed E-state index contributed by atoms with van der Waals surface area (Å²) in [6, 6.07) is 7.82. The van der Waals surface area contributed by atoms with Crippen molar-refractivity contribution in [1.82, 2.24) is 10.2 Å². The lowest BCUT2D eigenvalue weighted by Crippen LogP contribution is -2.46. The van der Waals surface area contributed by atoms with Crippen LogP contribution in [-0.4, -0.2) is 35.5 Å². The Kier molecular flexibility index (Phi) is 7.77. The molecule has 0 bridgehead atoms. The van der Waals surface area contributed by atoms with Crippen LogP contribution in [0.1, 0.15) is 71.9 Å². The normalized spacial score (nSPS) is 18.1. The van der Waals surface area contributed by atoms with Gasteiger partial charge in [0.25, 0.3) is 0 Å². The number of aliphatic imine (C=N–C) groups is 1. The molecule has 0 spiro atoms. The van der Waals surface area contributed by atoms with E-state index in [-0.39, 0.29) is 23.3 Å². The van der Waals surface area contributed by atoms with Gasteiger partial charge in [-0.3, -0.25) is 14.6 Å². The van der Waals surface area contributed by atoms with Crippen LogP contribution in [0.4, 0.5) is 0 Å². The van der Waals surface area contributed by atoms with Crippen LogP contribution in [0.5, 0.6) is 0 Å². The number of nitrogens with one attached hydrogen (secondary N) is 1. The van der Waals surface area contributed by atoms with E-state index in [9.17, 15) is 9.59 Å². The standard InChI is InChI=1S/C24H35N3O2/c1-7-25-18(3)17(2)20-12-10-19(11-13-20)16-26-23(29)21-9-8-14-27(21)22(28)15-24(4,5)6/h7,10-13,21H,8-9,14-16H2,1-6H3,(H,26,29)/b18-17+,25-7?. The molecule has 2 rings (SSSR count). The van der Waals surface area contributed by atoms with Crippen LogP contribution in [0.2, 0.25) is 0 Å². The van der Waals surface area contributed by atoms with Crippen molar-refractivity contribution in [3.63, 3.8) is 0 Å². The van der Waals surface area contributed by atoms with E-state index < -0.39 is 0 Å². The predicted molar refractivity (Wildman–Crippen MR) is 120 cm³/mol. The Bertz CT molecular complexity index is 785. The van der Waals surface area contributed by atoms with Gasteiger partial charge in [0.05, 0.1) is 0 Å². The molecule has 2 amide bonds. The zero-order valence-electron chi connectivity index (χ0n) is 18.7. The number of hydrogen-bond acceptors (Lipinski definition) is 3. The minimum atomic E-state index is -0.344. The molecular formula is C24H35N3O2. The summed E-state index contributed by atoms with van der Waals surface area (Å²) in [5, 5.41) is 3.01. The molecular weight excluding hydrogens is 362 g/mol. The average molecular weight is 398 g/mol. The Morgan fingerprint density at radius 2 is 1.86 bits per heavy atom. The van der Waals surface area contributed by atoms with E-state index >= 15 is 0 Å². The first-order valence-corrected chi connectivity index (χ1v) is 10.4. The van der Waals surface area contributed by atoms with Crippen molar-refractivity contribution in [3.05, 3.63) is 41.1 Å². The Hall–Kier alpha value is -2.43. The molecule has 5 nitrogen and oxygen atoms in total. The highest BCUT2D eigenvalue weighted by Crippen LogP contribution is 2.25. The summed E-state index contributed by atoms with van der Waals surface area (Å²) >= 11 is 0. The van der Waals surface area contributed by atoms with Gasteiger partial charge in [-0.25, -0.2) is 0 Å². The first-order valence-electron chi connectivity index (χ1n) is 10.4. The third-order valence-corrected chi connectivity index (χ3v) is 5.28. The molecule has 0 radical (unpaired) electrons. The Morgan fingerprint density at radius 1 is 1.21 bits per heavy atom. The van der Waals surface area contributed by atoms with Crippen LogP contribution in [-0.2, 0) is 16.1 Å². The molecule has 1 atom stereocenters. The number of benzene rings is 1. The number of carbonyl (C=O) groups is 2. The smallest absolute Gasteiger partial charge is 0.243 e. The third kappa shape index (κ3) is 6.55. The molecule has 0 aromatic heterocycles. The minimum Gasteiger partial charge on any atom is -0.350 e. The lowest BCUT2D eigenvalue weighted by atomic mass is 9.91. The summed E-state index contributed by atoms with van der Waals surface area (Å²) < 4.78 is 0. The largest absolute Gasteiger partial charge is 0.350 e. The molecule has 29 heavy (non-hydrogen) atoms. The number of allylic oxidation sites excluding steroid dienone is 2. The number of carbonyl (C=O) groups excluding carboxylic acids is 2. The van der Waals surface area contributed by atoms with Crippen LogP contribution in [0.25, 0.3) is 5.57 Å². The lowest BCUT2D eigenvalue weighted by molar-refractivity contribution is -0.139. The minimum absolute atomic E-state index is 0.0574. The maximum atomic E-state index is 12.7. The van der Waals surface area contributed by atoms with Crippen LogP contribution in [0.15, 0.2) is 35.0 Å². The number of rotatable bonds is 6. The molecule has 5 heteroatoms. The van der Waals surface area contributed by atoms with E-state index in [4.69, 9.17) is 0 Å². The molecule has 1 saturated heterocycles. The van der Waals surface area contributed by atoms with Crippen LogP contribution < -0.4 is 5.32 Å². The Morgan fingerprint density at radius 3 is 2.45 bits per heavy atom. The Balaban J connectivity index is 1.96. The van der Waals surface area contributed by atoms with Gasteiger partial charge in [0.15, 0.2) is 0 Å². The maximum absolute atomic E-state index is 12.7. The van der Waals surface area contributed by atoms with Crippen molar-refractivity contribution in [1.29, 1.82) is 0 Å². The molecule has 1 aromatic carbocycles. The molecule has 1 N–H and O–H groups in total. The van der Waals surface area contributed by atoms with Gasteiger partial charge in [-0.05, 0) is 55.7 Å². The highest BCUT2D eigenvalue weighted by atomic mass is 16.2. The average Bonchev–Trinajstić information content (AvgIpc) is 3.15. The van der Waals surface area contributed by atoms with Crippen LogP contribution >= 0.6 is 0 Å². The molecule has 158 valence electrons. The summed E-state index contributed by atoms with van der Waals surface area (Å²) in [6.45, 7) is 13.2. The highest BCUT2D eigenvalue weighted by Gasteiger charge is 2.35. The van der Waals surface area contributed by atoms with Gasteiger partial charge in [0.2, 0.25) is 11.8 Å².